The highest BCUT2D eigenvalue weighted by molar-refractivity contribution is 5.37. The van der Waals surface area contributed by atoms with Crippen LogP contribution in [0.25, 0.3) is 0 Å². The molecule has 0 aliphatic carbocycles. The summed E-state index contributed by atoms with van der Waals surface area (Å²) >= 11 is 0. The zero-order chi connectivity index (χ0) is 12.8. The molecule has 1 aromatic heterocycles. The van der Waals surface area contributed by atoms with Crippen molar-refractivity contribution >= 4 is 5.82 Å². The molecule has 0 amide bonds. The van der Waals surface area contributed by atoms with Gasteiger partial charge in [0.1, 0.15) is 11.6 Å². The zero-order valence-corrected chi connectivity index (χ0v) is 11.2. The van der Waals surface area contributed by atoms with Gasteiger partial charge in [-0.2, -0.15) is 0 Å². The van der Waals surface area contributed by atoms with Crippen LogP contribution in [-0.4, -0.2) is 54.1 Å². The average Bonchev–Trinajstić information content (AvgIpc) is 2.40. The molecule has 1 saturated heterocycles. The van der Waals surface area contributed by atoms with Crippen LogP contribution in [0.4, 0.5) is 5.82 Å². The third-order valence-corrected chi connectivity index (χ3v) is 3.39. The van der Waals surface area contributed by atoms with Gasteiger partial charge >= 0.3 is 0 Å². The molecule has 2 N–H and O–H groups in total. The second kappa shape index (κ2) is 6.66. The fraction of sp³-hybridized carbons (Fsp3) is 0.692. The zero-order valence-electron chi connectivity index (χ0n) is 11.2. The molecular weight excluding hydrogens is 226 g/mol. The van der Waals surface area contributed by atoms with Crippen LogP contribution in [0.5, 0.6) is 0 Å². The van der Waals surface area contributed by atoms with E-state index in [1.54, 1.807) is 0 Å². The Morgan fingerprint density at radius 1 is 1.22 bits per heavy atom. The first kappa shape index (κ1) is 13.2. The van der Waals surface area contributed by atoms with E-state index < -0.39 is 0 Å². The fourth-order valence-corrected chi connectivity index (χ4v) is 2.30. The summed E-state index contributed by atoms with van der Waals surface area (Å²) in [6.07, 6.45) is 4.18. The average molecular weight is 249 g/mol. The summed E-state index contributed by atoms with van der Waals surface area (Å²) in [4.78, 5) is 13.5. The Balaban J connectivity index is 1.79. The second-order valence-electron chi connectivity index (χ2n) is 4.79. The molecule has 1 aliphatic heterocycles. The van der Waals surface area contributed by atoms with Gasteiger partial charge in [0.05, 0.1) is 0 Å². The first-order chi connectivity index (χ1) is 8.79. The Morgan fingerprint density at radius 3 is 2.67 bits per heavy atom. The van der Waals surface area contributed by atoms with E-state index in [0.717, 1.165) is 50.8 Å². The molecule has 2 rings (SSSR count). The van der Waals surface area contributed by atoms with E-state index in [1.807, 2.05) is 19.2 Å². The van der Waals surface area contributed by atoms with E-state index in [0.29, 0.717) is 0 Å². The summed E-state index contributed by atoms with van der Waals surface area (Å²) in [5, 5.41) is 0. The first-order valence-electron chi connectivity index (χ1n) is 6.76. The predicted molar refractivity (Wildman–Crippen MR) is 73.7 cm³/mol. The quantitative estimate of drug-likeness (QED) is 0.776. The lowest BCUT2D eigenvalue weighted by molar-refractivity contribution is 0.253. The van der Waals surface area contributed by atoms with Crippen LogP contribution >= 0.6 is 0 Å². The normalized spacial score (nSPS) is 17.1. The van der Waals surface area contributed by atoms with Crippen LogP contribution in [-0.2, 0) is 0 Å². The molecule has 0 spiro atoms. The van der Waals surface area contributed by atoms with Crippen molar-refractivity contribution in [3.63, 3.8) is 0 Å². The monoisotopic (exact) mass is 249 g/mol. The Hall–Kier alpha value is -1.20. The van der Waals surface area contributed by atoms with Gasteiger partial charge in [0.25, 0.3) is 0 Å². The van der Waals surface area contributed by atoms with Crippen molar-refractivity contribution in [3.05, 3.63) is 18.1 Å². The van der Waals surface area contributed by atoms with Crippen LogP contribution in [0.2, 0.25) is 0 Å². The van der Waals surface area contributed by atoms with Crippen LogP contribution in [0.3, 0.4) is 0 Å². The number of unbranched alkanes of at least 4 members (excludes halogenated alkanes) is 1. The van der Waals surface area contributed by atoms with Gasteiger partial charge in [0.15, 0.2) is 0 Å². The molecule has 0 radical (unpaired) electrons. The van der Waals surface area contributed by atoms with E-state index in [1.165, 1.54) is 13.0 Å². The van der Waals surface area contributed by atoms with Crippen LogP contribution in [0.1, 0.15) is 18.7 Å². The standard InChI is InChI=1S/C13H23N5/c1-12-15-6-4-13(16-12)18-10-8-17(9-11-18)7-3-2-5-14/h4,6H,2-3,5,7-11,14H2,1H3. The van der Waals surface area contributed by atoms with Gasteiger partial charge in [0.2, 0.25) is 0 Å². The number of nitrogens with two attached hydrogens (primary N) is 1. The molecule has 18 heavy (non-hydrogen) atoms. The van der Waals surface area contributed by atoms with Gasteiger partial charge in [0, 0.05) is 32.4 Å². The minimum absolute atomic E-state index is 0.806. The van der Waals surface area contributed by atoms with Gasteiger partial charge in [-0.05, 0) is 38.9 Å². The molecule has 1 aliphatic rings. The summed E-state index contributed by atoms with van der Waals surface area (Å²) in [5.41, 5.74) is 5.52. The van der Waals surface area contributed by atoms with Crippen LogP contribution in [0.15, 0.2) is 12.3 Å². The van der Waals surface area contributed by atoms with Gasteiger partial charge < -0.3 is 10.6 Å². The molecule has 1 aromatic rings. The highest BCUT2D eigenvalue weighted by Crippen LogP contribution is 2.13. The number of anilines is 1. The number of nitrogens with zero attached hydrogens (tertiary/aromatic N) is 4. The second-order valence-corrected chi connectivity index (χ2v) is 4.79. The number of aryl methyl sites for hydroxylation is 1. The largest absolute Gasteiger partial charge is 0.354 e. The lowest BCUT2D eigenvalue weighted by Crippen LogP contribution is -2.47. The van der Waals surface area contributed by atoms with Gasteiger partial charge in [-0.1, -0.05) is 0 Å². The first-order valence-corrected chi connectivity index (χ1v) is 6.76. The molecule has 0 atom stereocenters. The maximum absolute atomic E-state index is 5.52. The minimum Gasteiger partial charge on any atom is -0.354 e. The molecule has 0 aromatic carbocycles. The Morgan fingerprint density at radius 2 is 2.00 bits per heavy atom. The van der Waals surface area contributed by atoms with E-state index in [-0.39, 0.29) is 0 Å². The number of piperazine rings is 1. The van der Waals surface area contributed by atoms with Crippen molar-refractivity contribution in [2.24, 2.45) is 5.73 Å². The van der Waals surface area contributed by atoms with E-state index >= 15 is 0 Å². The van der Waals surface area contributed by atoms with Crippen molar-refractivity contribution in [3.8, 4) is 0 Å². The summed E-state index contributed by atoms with van der Waals surface area (Å²) in [6.45, 7) is 8.26. The molecule has 1 fully saturated rings. The van der Waals surface area contributed by atoms with E-state index in [9.17, 15) is 0 Å². The fourth-order valence-electron chi connectivity index (χ4n) is 2.30. The Labute approximate surface area is 109 Å². The number of hydrogen-bond donors (Lipinski definition) is 1. The summed E-state index contributed by atoms with van der Waals surface area (Å²) < 4.78 is 0. The van der Waals surface area contributed by atoms with E-state index in [2.05, 4.69) is 19.8 Å². The summed E-state index contributed by atoms with van der Waals surface area (Å²) in [7, 11) is 0. The van der Waals surface area contributed by atoms with Crippen LogP contribution < -0.4 is 10.6 Å². The smallest absolute Gasteiger partial charge is 0.132 e. The third-order valence-electron chi connectivity index (χ3n) is 3.39. The number of rotatable bonds is 5. The van der Waals surface area contributed by atoms with Gasteiger partial charge in [-0.3, -0.25) is 4.90 Å². The molecule has 0 unspecified atom stereocenters. The summed E-state index contributed by atoms with van der Waals surface area (Å²) in [6, 6.07) is 2.00. The molecular formula is C13H23N5. The van der Waals surface area contributed by atoms with Crippen molar-refractivity contribution in [1.82, 2.24) is 14.9 Å². The lowest BCUT2D eigenvalue weighted by Gasteiger charge is -2.35. The van der Waals surface area contributed by atoms with Crippen molar-refractivity contribution in [2.75, 3.05) is 44.2 Å². The van der Waals surface area contributed by atoms with Crippen molar-refractivity contribution < 1.29 is 0 Å². The number of hydrogen-bond acceptors (Lipinski definition) is 5. The lowest BCUT2D eigenvalue weighted by atomic mass is 10.2. The van der Waals surface area contributed by atoms with Crippen LogP contribution in [0, 0.1) is 6.92 Å². The molecule has 100 valence electrons. The summed E-state index contributed by atoms with van der Waals surface area (Å²) in [5.74, 6) is 1.90. The van der Waals surface area contributed by atoms with Gasteiger partial charge in [-0.25, -0.2) is 9.97 Å². The molecule has 5 heteroatoms. The SMILES string of the molecule is Cc1nccc(N2CCN(CCCCN)CC2)n1. The van der Waals surface area contributed by atoms with E-state index in [4.69, 9.17) is 5.73 Å². The minimum atomic E-state index is 0.806. The topological polar surface area (TPSA) is 58.3 Å². The predicted octanol–water partition coefficient (Wildman–Crippen LogP) is 0.646. The van der Waals surface area contributed by atoms with Crippen molar-refractivity contribution in [1.29, 1.82) is 0 Å². The highest BCUT2D eigenvalue weighted by atomic mass is 15.3. The molecule has 2 heterocycles. The highest BCUT2D eigenvalue weighted by Gasteiger charge is 2.17. The van der Waals surface area contributed by atoms with Crippen molar-refractivity contribution in [2.45, 2.75) is 19.8 Å². The maximum atomic E-state index is 5.52. The Bertz CT molecular complexity index is 360. The molecule has 0 bridgehead atoms. The Kier molecular flexibility index (Phi) is 4.90. The maximum Gasteiger partial charge on any atom is 0.132 e. The third kappa shape index (κ3) is 3.65. The van der Waals surface area contributed by atoms with Gasteiger partial charge in [-0.15, -0.1) is 0 Å². The molecule has 5 nitrogen and oxygen atoms in total. The number of aromatic nitrogens is 2. The molecule has 0 saturated carbocycles.